The molecule has 3 aromatic carbocycles. The van der Waals surface area contributed by atoms with Gasteiger partial charge in [0.15, 0.2) is 34.5 Å². The summed E-state index contributed by atoms with van der Waals surface area (Å²) in [5.74, 6) is -4.92. The van der Waals surface area contributed by atoms with Crippen LogP contribution in [-0.4, -0.2) is 41.7 Å². The van der Waals surface area contributed by atoms with E-state index in [1.54, 1.807) is 0 Å². The SMILES string of the molecule is O=C(Oc1cc(O)c2c(c1)OC(c1cc(O)c(O)c(O)c1)CC2)c1cc(O)c(O)c(O)c1. The molecule has 0 aliphatic carbocycles. The third-order valence-corrected chi connectivity index (χ3v) is 5.06. The van der Waals surface area contributed by atoms with Crippen LogP contribution < -0.4 is 9.47 Å². The number of carbonyl (C=O) groups excluding carboxylic acids is 1. The Balaban J connectivity index is 1.60. The van der Waals surface area contributed by atoms with Gasteiger partial charge in [0, 0.05) is 17.7 Å². The summed E-state index contributed by atoms with van der Waals surface area (Å²) < 4.78 is 11.1. The minimum Gasteiger partial charge on any atom is -0.507 e. The first-order chi connectivity index (χ1) is 15.1. The molecule has 1 heterocycles. The van der Waals surface area contributed by atoms with Gasteiger partial charge < -0.3 is 45.2 Å². The summed E-state index contributed by atoms with van der Waals surface area (Å²) in [5, 5.41) is 67.9. The fourth-order valence-electron chi connectivity index (χ4n) is 3.44. The highest BCUT2D eigenvalue weighted by atomic mass is 16.5. The van der Waals surface area contributed by atoms with Crippen LogP contribution in [0.4, 0.5) is 0 Å². The summed E-state index contributed by atoms with van der Waals surface area (Å²) in [7, 11) is 0. The van der Waals surface area contributed by atoms with Crippen LogP contribution in [0.1, 0.15) is 34.0 Å². The van der Waals surface area contributed by atoms with Gasteiger partial charge in [0.25, 0.3) is 0 Å². The molecule has 1 unspecified atom stereocenters. The van der Waals surface area contributed by atoms with Gasteiger partial charge in [-0.25, -0.2) is 4.79 Å². The Hall–Kier alpha value is -4.47. The Labute approximate surface area is 180 Å². The van der Waals surface area contributed by atoms with E-state index in [0.717, 1.165) is 12.1 Å². The van der Waals surface area contributed by atoms with Gasteiger partial charge in [-0.05, 0) is 42.7 Å². The average Bonchev–Trinajstić information content (AvgIpc) is 2.74. The molecule has 32 heavy (non-hydrogen) atoms. The molecule has 0 fully saturated rings. The monoisotopic (exact) mass is 442 g/mol. The van der Waals surface area contributed by atoms with E-state index in [-0.39, 0.29) is 22.8 Å². The molecular weight excluding hydrogens is 424 g/mol. The minimum atomic E-state index is -0.976. The Morgan fingerprint density at radius 2 is 1.34 bits per heavy atom. The van der Waals surface area contributed by atoms with Crippen LogP contribution in [0.2, 0.25) is 0 Å². The van der Waals surface area contributed by atoms with E-state index in [4.69, 9.17) is 9.47 Å². The number of hydrogen-bond donors (Lipinski definition) is 7. The Morgan fingerprint density at radius 1 is 0.781 bits per heavy atom. The summed E-state index contributed by atoms with van der Waals surface area (Å²) in [4.78, 5) is 12.4. The maximum Gasteiger partial charge on any atom is 0.343 e. The van der Waals surface area contributed by atoms with Gasteiger partial charge in [-0.3, -0.25) is 0 Å². The molecule has 10 heteroatoms. The largest absolute Gasteiger partial charge is 0.507 e. The molecule has 0 amide bonds. The predicted octanol–water partition coefficient (Wildman–Crippen LogP) is 2.91. The van der Waals surface area contributed by atoms with Crippen LogP contribution in [0.5, 0.6) is 51.7 Å². The first-order valence-electron chi connectivity index (χ1n) is 9.38. The second-order valence-corrected chi connectivity index (χ2v) is 7.22. The Morgan fingerprint density at radius 3 is 1.94 bits per heavy atom. The standard InChI is InChI=1S/C22H18O10/c23-13-7-11(31-22(30)10-5-16(26)21(29)17(27)6-10)8-19-12(13)1-2-18(32-19)9-3-14(24)20(28)15(25)4-9/h3-8,18,23-29H,1-2H2. The molecule has 0 saturated carbocycles. The van der Waals surface area contributed by atoms with E-state index in [1.165, 1.54) is 24.3 Å². The second-order valence-electron chi connectivity index (χ2n) is 7.22. The van der Waals surface area contributed by atoms with E-state index in [1.807, 2.05) is 0 Å². The second kappa shape index (κ2) is 7.65. The van der Waals surface area contributed by atoms with Crippen LogP contribution in [0.15, 0.2) is 36.4 Å². The average molecular weight is 442 g/mol. The van der Waals surface area contributed by atoms with Crippen molar-refractivity contribution in [3.63, 3.8) is 0 Å². The fourth-order valence-corrected chi connectivity index (χ4v) is 3.44. The van der Waals surface area contributed by atoms with Crippen LogP contribution in [0, 0.1) is 0 Å². The summed E-state index contributed by atoms with van der Waals surface area (Å²) in [5.41, 5.74) is 0.609. The number of hydrogen-bond acceptors (Lipinski definition) is 10. The zero-order valence-electron chi connectivity index (χ0n) is 16.3. The van der Waals surface area contributed by atoms with Crippen molar-refractivity contribution in [2.24, 2.45) is 0 Å². The maximum absolute atomic E-state index is 12.4. The van der Waals surface area contributed by atoms with Crippen molar-refractivity contribution in [2.45, 2.75) is 18.9 Å². The maximum atomic E-state index is 12.4. The number of fused-ring (bicyclic) bond motifs is 1. The van der Waals surface area contributed by atoms with E-state index in [9.17, 15) is 40.5 Å². The lowest BCUT2D eigenvalue weighted by Crippen LogP contribution is -2.16. The molecule has 0 spiro atoms. The lowest BCUT2D eigenvalue weighted by atomic mass is 9.96. The normalized spacial score (nSPS) is 14.9. The van der Waals surface area contributed by atoms with Crippen LogP contribution in [-0.2, 0) is 6.42 Å². The van der Waals surface area contributed by atoms with E-state index < -0.39 is 46.6 Å². The molecule has 1 aliphatic rings. The zero-order valence-corrected chi connectivity index (χ0v) is 16.3. The van der Waals surface area contributed by atoms with Crippen molar-refractivity contribution in [3.05, 3.63) is 53.1 Å². The lowest BCUT2D eigenvalue weighted by Gasteiger charge is -2.27. The minimum absolute atomic E-state index is 0.0876. The van der Waals surface area contributed by atoms with Crippen molar-refractivity contribution >= 4 is 5.97 Å². The molecule has 3 aromatic rings. The summed E-state index contributed by atoms with van der Waals surface area (Å²) in [6, 6.07) is 6.88. The molecule has 0 aromatic heterocycles. The summed E-state index contributed by atoms with van der Waals surface area (Å²) in [6.07, 6.45) is 0.147. The number of benzene rings is 3. The van der Waals surface area contributed by atoms with Gasteiger partial charge in [0.2, 0.25) is 0 Å². The van der Waals surface area contributed by atoms with E-state index in [0.29, 0.717) is 24.0 Å². The lowest BCUT2D eigenvalue weighted by molar-refractivity contribution is 0.0732. The van der Waals surface area contributed by atoms with Crippen molar-refractivity contribution in [3.8, 4) is 51.7 Å². The summed E-state index contributed by atoms with van der Waals surface area (Å²) >= 11 is 0. The van der Waals surface area contributed by atoms with Gasteiger partial charge in [0.05, 0.1) is 5.56 Å². The van der Waals surface area contributed by atoms with Crippen molar-refractivity contribution in [1.29, 1.82) is 0 Å². The fraction of sp³-hybridized carbons (Fsp3) is 0.136. The van der Waals surface area contributed by atoms with E-state index in [2.05, 4.69) is 0 Å². The highest BCUT2D eigenvalue weighted by molar-refractivity contribution is 5.92. The number of carbonyl (C=O) groups is 1. The van der Waals surface area contributed by atoms with E-state index >= 15 is 0 Å². The summed E-state index contributed by atoms with van der Waals surface area (Å²) in [6.45, 7) is 0. The number of esters is 1. The molecule has 1 aliphatic heterocycles. The molecule has 166 valence electrons. The zero-order chi connectivity index (χ0) is 23.2. The number of rotatable bonds is 3. The number of ether oxygens (including phenoxy) is 2. The third kappa shape index (κ3) is 3.69. The smallest absolute Gasteiger partial charge is 0.343 e. The molecular formula is C22H18O10. The third-order valence-electron chi connectivity index (χ3n) is 5.06. The predicted molar refractivity (Wildman–Crippen MR) is 108 cm³/mol. The molecule has 1 atom stereocenters. The molecule has 0 bridgehead atoms. The quantitative estimate of drug-likeness (QED) is 0.181. The molecule has 0 saturated heterocycles. The van der Waals surface area contributed by atoms with Gasteiger partial charge in [-0.2, -0.15) is 0 Å². The number of aromatic hydroxyl groups is 7. The number of phenols is 7. The highest BCUT2D eigenvalue weighted by Gasteiger charge is 2.27. The van der Waals surface area contributed by atoms with Crippen LogP contribution >= 0.6 is 0 Å². The highest BCUT2D eigenvalue weighted by Crippen LogP contribution is 2.45. The van der Waals surface area contributed by atoms with Crippen LogP contribution in [0.25, 0.3) is 0 Å². The van der Waals surface area contributed by atoms with Crippen molar-refractivity contribution < 1.29 is 50.0 Å². The molecule has 0 radical (unpaired) electrons. The molecule has 7 N–H and O–H groups in total. The van der Waals surface area contributed by atoms with Crippen molar-refractivity contribution in [1.82, 2.24) is 0 Å². The Bertz CT molecular complexity index is 1190. The van der Waals surface area contributed by atoms with Gasteiger partial charge in [0.1, 0.15) is 23.4 Å². The van der Waals surface area contributed by atoms with Gasteiger partial charge >= 0.3 is 5.97 Å². The van der Waals surface area contributed by atoms with Gasteiger partial charge in [-0.15, -0.1) is 0 Å². The first-order valence-corrected chi connectivity index (χ1v) is 9.38. The molecule has 4 rings (SSSR count). The van der Waals surface area contributed by atoms with Crippen LogP contribution in [0.3, 0.4) is 0 Å². The Kier molecular flexibility index (Phi) is 4.97. The first kappa shape index (κ1) is 20.8. The molecule has 10 nitrogen and oxygen atoms in total. The topological polar surface area (TPSA) is 177 Å². The van der Waals surface area contributed by atoms with Crippen molar-refractivity contribution in [2.75, 3.05) is 0 Å². The number of phenolic OH excluding ortho intramolecular Hbond substituents is 7. The van der Waals surface area contributed by atoms with Gasteiger partial charge in [-0.1, -0.05) is 0 Å².